The second kappa shape index (κ2) is 6.89. The van der Waals surface area contributed by atoms with Crippen LogP contribution in [0.2, 0.25) is 0 Å². The van der Waals surface area contributed by atoms with E-state index in [0.717, 1.165) is 26.1 Å². The Morgan fingerprint density at radius 2 is 1.96 bits per heavy atom. The molecule has 4 rings (SSSR count). The number of aliphatic hydroxyl groups excluding tert-OH is 1. The number of benzene rings is 1. The maximum absolute atomic E-state index is 12.9. The lowest BCUT2D eigenvalue weighted by molar-refractivity contribution is -0.0988. The van der Waals surface area contributed by atoms with Crippen molar-refractivity contribution in [3.05, 3.63) is 35.4 Å². The Kier molecular flexibility index (Phi) is 4.70. The van der Waals surface area contributed by atoms with Crippen molar-refractivity contribution in [3.8, 4) is 0 Å². The number of likely N-dealkylation sites (tertiary alicyclic amines) is 1. The predicted octanol–water partition coefficient (Wildman–Crippen LogP) is 0.439. The van der Waals surface area contributed by atoms with Crippen LogP contribution in [0.1, 0.15) is 34.1 Å². The summed E-state index contributed by atoms with van der Waals surface area (Å²) in [5.41, 5.74) is 0.830. The SMILES string of the molecule is CCN1C[C@@H]2C[C@@H](O)CN2C2(C1)CN(C(=O)c1cccc(C(=O)OC)c1)C2. The fourth-order valence-electron chi connectivity index (χ4n) is 4.93. The van der Waals surface area contributed by atoms with E-state index in [0.29, 0.717) is 36.8 Å². The highest BCUT2D eigenvalue weighted by Gasteiger charge is 2.56. The second-order valence-corrected chi connectivity index (χ2v) is 7.98. The molecule has 3 aliphatic rings. The average molecular weight is 373 g/mol. The summed E-state index contributed by atoms with van der Waals surface area (Å²) in [6.07, 6.45) is 0.540. The topological polar surface area (TPSA) is 73.3 Å². The van der Waals surface area contributed by atoms with E-state index in [4.69, 9.17) is 4.74 Å². The molecule has 0 aromatic heterocycles. The minimum atomic E-state index is -0.440. The molecule has 2 atom stereocenters. The molecule has 3 fully saturated rings. The van der Waals surface area contributed by atoms with Crippen molar-refractivity contribution in [3.63, 3.8) is 0 Å². The van der Waals surface area contributed by atoms with Gasteiger partial charge >= 0.3 is 5.97 Å². The largest absolute Gasteiger partial charge is 0.465 e. The monoisotopic (exact) mass is 373 g/mol. The Hall–Kier alpha value is -1.96. The number of carbonyl (C=O) groups excluding carboxylic acids is 2. The maximum Gasteiger partial charge on any atom is 0.337 e. The van der Waals surface area contributed by atoms with E-state index in [9.17, 15) is 14.7 Å². The number of β-amino-alcohol motifs (C(OH)–C–C–N with tert-alkyl or cyclic N) is 1. The molecule has 1 amide bonds. The fourth-order valence-corrected chi connectivity index (χ4v) is 4.93. The van der Waals surface area contributed by atoms with Crippen LogP contribution in [0.4, 0.5) is 0 Å². The highest BCUT2D eigenvalue weighted by Crippen LogP contribution is 2.39. The van der Waals surface area contributed by atoms with Gasteiger partial charge in [-0.1, -0.05) is 13.0 Å². The van der Waals surface area contributed by atoms with E-state index < -0.39 is 5.97 Å². The van der Waals surface area contributed by atoms with Crippen LogP contribution in [0.15, 0.2) is 24.3 Å². The van der Waals surface area contributed by atoms with Crippen molar-refractivity contribution in [1.29, 1.82) is 0 Å². The van der Waals surface area contributed by atoms with Gasteiger partial charge in [0.25, 0.3) is 5.91 Å². The molecule has 1 aromatic carbocycles. The number of fused-ring (bicyclic) bond motifs is 2. The van der Waals surface area contributed by atoms with Crippen molar-refractivity contribution in [1.82, 2.24) is 14.7 Å². The number of carbonyl (C=O) groups is 2. The minimum Gasteiger partial charge on any atom is -0.465 e. The molecule has 1 spiro atoms. The van der Waals surface area contributed by atoms with Gasteiger partial charge in [-0.05, 0) is 31.2 Å². The first-order chi connectivity index (χ1) is 13.0. The summed E-state index contributed by atoms with van der Waals surface area (Å²) in [7, 11) is 1.33. The van der Waals surface area contributed by atoms with Crippen molar-refractivity contribution in [2.45, 2.75) is 31.0 Å². The van der Waals surface area contributed by atoms with E-state index in [1.54, 1.807) is 24.3 Å². The third-order valence-corrected chi connectivity index (χ3v) is 6.22. The number of hydrogen-bond donors (Lipinski definition) is 1. The molecule has 0 saturated carbocycles. The lowest BCUT2D eigenvalue weighted by Gasteiger charge is -2.61. The molecule has 3 saturated heterocycles. The number of hydrogen-bond acceptors (Lipinski definition) is 6. The van der Waals surface area contributed by atoms with Crippen LogP contribution in [0.5, 0.6) is 0 Å². The van der Waals surface area contributed by atoms with Gasteiger partial charge in [-0.2, -0.15) is 0 Å². The van der Waals surface area contributed by atoms with Gasteiger partial charge in [0.05, 0.1) is 24.3 Å². The molecule has 3 aliphatic heterocycles. The van der Waals surface area contributed by atoms with E-state index >= 15 is 0 Å². The van der Waals surface area contributed by atoms with Crippen LogP contribution in [0.3, 0.4) is 0 Å². The molecule has 27 heavy (non-hydrogen) atoms. The van der Waals surface area contributed by atoms with Crippen molar-refractivity contribution < 1.29 is 19.4 Å². The minimum absolute atomic E-state index is 0.0590. The van der Waals surface area contributed by atoms with Gasteiger partial charge in [-0.15, -0.1) is 0 Å². The molecular weight excluding hydrogens is 346 g/mol. The first-order valence-corrected chi connectivity index (χ1v) is 9.60. The molecule has 146 valence electrons. The van der Waals surface area contributed by atoms with E-state index in [2.05, 4.69) is 16.7 Å². The number of ether oxygens (including phenoxy) is 1. The maximum atomic E-state index is 12.9. The summed E-state index contributed by atoms with van der Waals surface area (Å²) in [6.45, 7) is 7.08. The van der Waals surface area contributed by atoms with Crippen LogP contribution in [0, 0.1) is 0 Å². The molecule has 7 nitrogen and oxygen atoms in total. The van der Waals surface area contributed by atoms with E-state index in [1.165, 1.54) is 7.11 Å². The Balaban J connectivity index is 1.49. The Bertz CT molecular complexity index is 746. The quantitative estimate of drug-likeness (QED) is 0.775. The highest BCUT2D eigenvalue weighted by atomic mass is 16.5. The normalized spacial score (nSPS) is 27.3. The molecule has 7 heteroatoms. The summed E-state index contributed by atoms with van der Waals surface area (Å²) in [5, 5.41) is 10.1. The number of methoxy groups -OCH3 is 1. The van der Waals surface area contributed by atoms with Crippen molar-refractivity contribution in [2.75, 3.05) is 46.4 Å². The van der Waals surface area contributed by atoms with Gasteiger partial charge in [0, 0.05) is 44.3 Å². The third-order valence-electron chi connectivity index (χ3n) is 6.22. The number of esters is 1. The molecule has 3 heterocycles. The molecule has 0 radical (unpaired) electrons. The van der Waals surface area contributed by atoms with Gasteiger partial charge in [0.15, 0.2) is 0 Å². The van der Waals surface area contributed by atoms with Gasteiger partial charge < -0.3 is 19.6 Å². The van der Waals surface area contributed by atoms with Gasteiger partial charge in [-0.3, -0.25) is 9.69 Å². The van der Waals surface area contributed by atoms with E-state index in [-0.39, 0.29) is 17.6 Å². The number of amides is 1. The summed E-state index contributed by atoms with van der Waals surface area (Å²) >= 11 is 0. The third kappa shape index (κ3) is 3.13. The number of likely N-dealkylation sites (N-methyl/N-ethyl adjacent to an activating group) is 1. The Labute approximate surface area is 159 Å². The molecule has 0 unspecified atom stereocenters. The van der Waals surface area contributed by atoms with Crippen LogP contribution in [0.25, 0.3) is 0 Å². The lowest BCUT2D eigenvalue weighted by Crippen LogP contribution is -2.78. The zero-order valence-corrected chi connectivity index (χ0v) is 15.9. The summed E-state index contributed by atoms with van der Waals surface area (Å²) in [5.74, 6) is -0.499. The predicted molar refractivity (Wildman–Crippen MR) is 99.6 cm³/mol. The van der Waals surface area contributed by atoms with Crippen LogP contribution in [-0.4, -0.2) is 95.7 Å². The number of nitrogens with zero attached hydrogens (tertiary/aromatic N) is 3. The van der Waals surface area contributed by atoms with Crippen molar-refractivity contribution in [2.24, 2.45) is 0 Å². The summed E-state index contributed by atoms with van der Waals surface area (Å²) in [6, 6.07) is 7.06. The zero-order chi connectivity index (χ0) is 19.2. The Morgan fingerprint density at radius 1 is 1.22 bits per heavy atom. The van der Waals surface area contributed by atoms with E-state index in [1.807, 2.05) is 4.90 Å². The molecule has 1 aromatic rings. The number of aliphatic hydroxyl groups is 1. The second-order valence-electron chi connectivity index (χ2n) is 7.98. The summed E-state index contributed by atoms with van der Waals surface area (Å²) < 4.78 is 4.74. The standard InChI is InChI=1S/C20H27N3O4/c1-3-21-9-16-8-17(24)10-23(16)20(11-21)12-22(13-20)18(25)14-5-4-6-15(7-14)19(26)27-2/h4-7,16-17,24H,3,8-13H2,1-2H3/t16-,17+/m0/s1. The van der Waals surface area contributed by atoms with Crippen LogP contribution >= 0.6 is 0 Å². The first kappa shape index (κ1) is 18.4. The average Bonchev–Trinajstić information content (AvgIpc) is 3.04. The highest BCUT2D eigenvalue weighted by molar-refractivity contribution is 5.98. The molecule has 0 aliphatic carbocycles. The smallest absolute Gasteiger partial charge is 0.337 e. The lowest BCUT2D eigenvalue weighted by atomic mass is 9.83. The van der Waals surface area contributed by atoms with Crippen molar-refractivity contribution >= 4 is 11.9 Å². The molecule has 0 bridgehead atoms. The molecule has 1 N–H and O–H groups in total. The van der Waals surface area contributed by atoms with Crippen LogP contribution < -0.4 is 0 Å². The van der Waals surface area contributed by atoms with Gasteiger partial charge in [-0.25, -0.2) is 4.79 Å². The van der Waals surface area contributed by atoms with Gasteiger partial charge in [0.1, 0.15) is 0 Å². The van der Waals surface area contributed by atoms with Gasteiger partial charge in [0.2, 0.25) is 0 Å². The Morgan fingerprint density at radius 3 is 2.67 bits per heavy atom. The molecular formula is C20H27N3O4. The first-order valence-electron chi connectivity index (χ1n) is 9.60. The van der Waals surface area contributed by atoms with Crippen LogP contribution in [-0.2, 0) is 4.74 Å². The zero-order valence-electron chi connectivity index (χ0n) is 15.9. The fraction of sp³-hybridized carbons (Fsp3) is 0.600. The summed E-state index contributed by atoms with van der Waals surface area (Å²) in [4.78, 5) is 31.3. The number of piperazine rings is 1. The number of rotatable bonds is 3.